The third-order valence-corrected chi connectivity index (χ3v) is 3.43. The van der Waals surface area contributed by atoms with E-state index in [9.17, 15) is 0 Å². The van der Waals surface area contributed by atoms with Gasteiger partial charge in [-0.15, -0.1) is 6.58 Å². The topological polar surface area (TPSA) is 12.0 Å². The minimum absolute atomic E-state index is 0.795. The van der Waals surface area contributed by atoms with E-state index < -0.39 is 0 Å². The standard InChI is InChI=1S/C12H25NS/c1-4-5-6-7-8-10-13-11-9-12(2)14-3/h4,12-13H,1,5-11H2,2-3H3. The Hall–Kier alpha value is 0.0500. The summed E-state index contributed by atoms with van der Waals surface area (Å²) in [6, 6.07) is 0. The molecule has 1 atom stereocenters. The minimum atomic E-state index is 0.795. The van der Waals surface area contributed by atoms with Crippen LogP contribution in [0.5, 0.6) is 0 Å². The van der Waals surface area contributed by atoms with Crippen LogP contribution in [0.2, 0.25) is 0 Å². The van der Waals surface area contributed by atoms with Gasteiger partial charge in [-0.1, -0.05) is 19.4 Å². The summed E-state index contributed by atoms with van der Waals surface area (Å²) >= 11 is 1.95. The Morgan fingerprint density at radius 1 is 1.29 bits per heavy atom. The van der Waals surface area contributed by atoms with E-state index in [1.165, 1.54) is 45.2 Å². The summed E-state index contributed by atoms with van der Waals surface area (Å²) in [5, 5.41) is 4.28. The Bertz CT molecular complexity index is 125. The van der Waals surface area contributed by atoms with Gasteiger partial charge in [0.2, 0.25) is 0 Å². The quantitative estimate of drug-likeness (QED) is 0.442. The zero-order valence-electron chi connectivity index (χ0n) is 9.72. The van der Waals surface area contributed by atoms with E-state index in [1.807, 2.05) is 17.8 Å². The molecule has 0 radical (unpaired) electrons. The molecule has 0 aromatic rings. The highest BCUT2D eigenvalue weighted by molar-refractivity contribution is 7.99. The SMILES string of the molecule is C=CCCCCCNCCC(C)SC. The van der Waals surface area contributed by atoms with Crippen LogP contribution in [0.15, 0.2) is 12.7 Å². The molecule has 0 heterocycles. The second kappa shape index (κ2) is 11.1. The molecule has 0 rings (SSSR count). The first-order valence-electron chi connectivity index (χ1n) is 5.65. The van der Waals surface area contributed by atoms with Gasteiger partial charge in [-0.05, 0) is 45.0 Å². The molecule has 0 bridgehead atoms. The van der Waals surface area contributed by atoms with Gasteiger partial charge >= 0.3 is 0 Å². The summed E-state index contributed by atoms with van der Waals surface area (Å²) in [5.41, 5.74) is 0. The third kappa shape index (κ3) is 10.1. The van der Waals surface area contributed by atoms with Crippen LogP contribution in [-0.4, -0.2) is 24.6 Å². The molecule has 0 fully saturated rings. The maximum Gasteiger partial charge on any atom is 0.00280 e. The largest absolute Gasteiger partial charge is 0.317 e. The van der Waals surface area contributed by atoms with Crippen LogP contribution in [-0.2, 0) is 0 Å². The van der Waals surface area contributed by atoms with Crippen molar-refractivity contribution in [3.8, 4) is 0 Å². The predicted octanol–water partition coefficient (Wildman–Crippen LogP) is 3.46. The molecule has 0 aliphatic rings. The normalized spacial score (nSPS) is 12.7. The third-order valence-electron chi connectivity index (χ3n) is 2.39. The average Bonchev–Trinajstić information content (AvgIpc) is 2.21. The Balaban J connectivity index is 2.95. The summed E-state index contributed by atoms with van der Waals surface area (Å²) in [6.07, 6.45) is 10.6. The molecule has 2 heteroatoms. The minimum Gasteiger partial charge on any atom is -0.317 e. The highest BCUT2D eigenvalue weighted by Gasteiger charge is 1.97. The van der Waals surface area contributed by atoms with Crippen molar-refractivity contribution in [1.82, 2.24) is 5.32 Å². The van der Waals surface area contributed by atoms with Crippen molar-refractivity contribution in [2.75, 3.05) is 19.3 Å². The van der Waals surface area contributed by atoms with Crippen molar-refractivity contribution in [2.45, 2.75) is 44.3 Å². The van der Waals surface area contributed by atoms with E-state index in [0.717, 1.165) is 5.25 Å². The van der Waals surface area contributed by atoms with Crippen LogP contribution in [0.25, 0.3) is 0 Å². The van der Waals surface area contributed by atoms with Crippen LogP contribution >= 0.6 is 11.8 Å². The molecule has 0 spiro atoms. The zero-order chi connectivity index (χ0) is 10.6. The lowest BCUT2D eigenvalue weighted by Crippen LogP contribution is -2.19. The highest BCUT2D eigenvalue weighted by Crippen LogP contribution is 2.07. The molecule has 0 saturated carbocycles. The lowest BCUT2D eigenvalue weighted by Gasteiger charge is -2.08. The fourth-order valence-electron chi connectivity index (χ4n) is 1.26. The fraction of sp³-hybridized carbons (Fsp3) is 0.833. The molecule has 0 aromatic carbocycles. The second-order valence-corrected chi connectivity index (χ2v) is 5.00. The summed E-state index contributed by atoms with van der Waals surface area (Å²) < 4.78 is 0. The number of hydrogen-bond acceptors (Lipinski definition) is 2. The number of thioether (sulfide) groups is 1. The summed E-state index contributed by atoms with van der Waals surface area (Å²) in [5.74, 6) is 0. The van der Waals surface area contributed by atoms with Crippen LogP contribution in [0, 0.1) is 0 Å². The predicted molar refractivity (Wildman–Crippen MR) is 69.1 cm³/mol. The molecule has 1 N–H and O–H groups in total. The van der Waals surface area contributed by atoms with Crippen molar-refractivity contribution in [2.24, 2.45) is 0 Å². The molecular weight excluding hydrogens is 190 g/mol. The molecular formula is C12H25NS. The van der Waals surface area contributed by atoms with Crippen LogP contribution in [0.4, 0.5) is 0 Å². The molecule has 84 valence electrons. The Labute approximate surface area is 93.7 Å². The first kappa shape index (κ1) is 14.1. The number of hydrogen-bond donors (Lipinski definition) is 1. The van der Waals surface area contributed by atoms with Gasteiger partial charge in [0.1, 0.15) is 0 Å². The fourth-order valence-corrected chi connectivity index (χ4v) is 1.62. The number of allylic oxidation sites excluding steroid dienone is 1. The maximum atomic E-state index is 3.72. The van der Waals surface area contributed by atoms with Gasteiger partial charge in [-0.2, -0.15) is 11.8 Å². The van der Waals surface area contributed by atoms with Gasteiger partial charge in [0.25, 0.3) is 0 Å². The monoisotopic (exact) mass is 215 g/mol. The molecule has 0 amide bonds. The van der Waals surface area contributed by atoms with Crippen molar-refractivity contribution in [1.29, 1.82) is 0 Å². The highest BCUT2D eigenvalue weighted by atomic mass is 32.2. The molecule has 0 saturated heterocycles. The van der Waals surface area contributed by atoms with E-state index in [1.54, 1.807) is 0 Å². The van der Waals surface area contributed by atoms with Gasteiger partial charge in [0.05, 0.1) is 0 Å². The van der Waals surface area contributed by atoms with Gasteiger partial charge in [0.15, 0.2) is 0 Å². The summed E-state index contributed by atoms with van der Waals surface area (Å²) in [4.78, 5) is 0. The lowest BCUT2D eigenvalue weighted by molar-refractivity contribution is 0.591. The van der Waals surface area contributed by atoms with Gasteiger partial charge in [0, 0.05) is 5.25 Å². The number of unbranched alkanes of at least 4 members (excludes halogenated alkanes) is 3. The van der Waals surface area contributed by atoms with Crippen molar-refractivity contribution < 1.29 is 0 Å². The van der Waals surface area contributed by atoms with Crippen LogP contribution in [0.3, 0.4) is 0 Å². The molecule has 0 aliphatic carbocycles. The average molecular weight is 215 g/mol. The molecule has 0 aromatic heterocycles. The van der Waals surface area contributed by atoms with E-state index in [0.29, 0.717) is 0 Å². The molecule has 0 aliphatic heterocycles. The van der Waals surface area contributed by atoms with E-state index in [4.69, 9.17) is 0 Å². The maximum absolute atomic E-state index is 3.72. The molecule has 14 heavy (non-hydrogen) atoms. The zero-order valence-corrected chi connectivity index (χ0v) is 10.5. The van der Waals surface area contributed by atoms with Crippen LogP contribution in [0.1, 0.15) is 39.0 Å². The van der Waals surface area contributed by atoms with Gasteiger partial charge < -0.3 is 5.32 Å². The van der Waals surface area contributed by atoms with Crippen molar-refractivity contribution in [3.63, 3.8) is 0 Å². The van der Waals surface area contributed by atoms with Crippen molar-refractivity contribution in [3.05, 3.63) is 12.7 Å². The van der Waals surface area contributed by atoms with E-state index >= 15 is 0 Å². The van der Waals surface area contributed by atoms with Crippen molar-refractivity contribution >= 4 is 11.8 Å². The second-order valence-electron chi connectivity index (χ2n) is 3.72. The number of rotatable bonds is 10. The lowest BCUT2D eigenvalue weighted by atomic mass is 10.2. The van der Waals surface area contributed by atoms with Gasteiger partial charge in [-0.25, -0.2) is 0 Å². The van der Waals surface area contributed by atoms with Gasteiger partial charge in [-0.3, -0.25) is 0 Å². The van der Waals surface area contributed by atoms with E-state index in [2.05, 4.69) is 25.1 Å². The Morgan fingerprint density at radius 2 is 2.07 bits per heavy atom. The Kier molecular flexibility index (Phi) is 11.2. The number of nitrogens with one attached hydrogen (secondary N) is 1. The molecule has 1 unspecified atom stereocenters. The Morgan fingerprint density at radius 3 is 2.71 bits per heavy atom. The summed E-state index contributed by atoms with van der Waals surface area (Å²) in [7, 11) is 0. The van der Waals surface area contributed by atoms with E-state index in [-0.39, 0.29) is 0 Å². The first-order valence-corrected chi connectivity index (χ1v) is 6.94. The smallest absolute Gasteiger partial charge is 0.00280 e. The first-order chi connectivity index (χ1) is 6.81. The summed E-state index contributed by atoms with van der Waals surface area (Å²) in [6.45, 7) is 8.36. The van der Waals surface area contributed by atoms with Crippen LogP contribution < -0.4 is 5.32 Å². The molecule has 1 nitrogen and oxygen atoms in total.